The zero-order chi connectivity index (χ0) is 21.4. The smallest absolute Gasteiger partial charge is 0.260 e. The van der Waals surface area contributed by atoms with Crippen LogP contribution in [0.3, 0.4) is 0 Å². The summed E-state index contributed by atoms with van der Waals surface area (Å²) in [5, 5.41) is 8.26. The number of benzene rings is 1. The van der Waals surface area contributed by atoms with E-state index in [0.29, 0.717) is 51.6 Å². The molecule has 4 rings (SSSR count). The average Bonchev–Trinajstić information content (AvgIpc) is 3.14. The van der Waals surface area contributed by atoms with Gasteiger partial charge in [-0.1, -0.05) is 28.9 Å². The van der Waals surface area contributed by atoms with Crippen LogP contribution < -0.4 is 10.9 Å². The van der Waals surface area contributed by atoms with Crippen LogP contribution in [0.2, 0.25) is 5.02 Å². The van der Waals surface area contributed by atoms with Crippen molar-refractivity contribution in [3.63, 3.8) is 0 Å². The molecule has 0 fully saturated rings. The molecule has 0 unspecified atom stereocenters. The van der Waals surface area contributed by atoms with Gasteiger partial charge in [0.25, 0.3) is 5.56 Å². The van der Waals surface area contributed by atoms with E-state index in [1.54, 1.807) is 35.9 Å². The van der Waals surface area contributed by atoms with Gasteiger partial charge in [0, 0.05) is 52.8 Å². The van der Waals surface area contributed by atoms with E-state index in [1.807, 2.05) is 26.8 Å². The Labute approximate surface area is 177 Å². The molecule has 1 N–H and O–H groups in total. The number of aromatic nitrogens is 5. The van der Waals surface area contributed by atoms with Crippen LogP contribution in [-0.4, -0.2) is 30.7 Å². The summed E-state index contributed by atoms with van der Waals surface area (Å²) in [7, 11) is 0. The summed E-state index contributed by atoms with van der Waals surface area (Å²) in [6.07, 6.45) is 1.71. The van der Waals surface area contributed by atoms with Gasteiger partial charge in [-0.25, -0.2) is 4.98 Å². The molecular weight excluding hydrogens is 404 g/mol. The summed E-state index contributed by atoms with van der Waals surface area (Å²) in [5.74, 6) is 1.41. The third-order valence-corrected chi connectivity index (χ3v) is 4.92. The van der Waals surface area contributed by atoms with Crippen molar-refractivity contribution in [2.24, 2.45) is 0 Å². The Bertz CT molecular complexity index is 1290. The number of pyridine rings is 1. The monoisotopic (exact) mass is 424 g/mol. The van der Waals surface area contributed by atoms with Crippen LogP contribution in [0.1, 0.15) is 26.7 Å². The van der Waals surface area contributed by atoms with Crippen LogP contribution in [0.5, 0.6) is 0 Å². The molecule has 0 bridgehead atoms. The van der Waals surface area contributed by atoms with E-state index in [9.17, 15) is 4.79 Å². The highest BCUT2D eigenvalue weighted by molar-refractivity contribution is 6.33. The number of hydrogen-bond acceptors (Lipinski definition) is 7. The van der Waals surface area contributed by atoms with Gasteiger partial charge in [-0.2, -0.15) is 9.97 Å². The molecular formula is C21H21ClN6O2. The fourth-order valence-electron chi connectivity index (χ4n) is 3.26. The second kappa shape index (κ2) is 7.87. The van der Waals surface area contributed by atoms with E-state index in [0.717, 1.165) is 5.39 Å². The molecule has 0 spiro atoms. The Morgan fingerprint density at radius 1 is 1.20 bits per heavy atom. The average molecular weight is 425 g/mol. The molecule has 3 aromatic heterocycles. The first-order valence-corrected chi connectivity index (χ1v) is 10.0. The molecule has 3 heterocycles. The Morgan fingerprint density at radius 2 is 2.00 bits per heavy atom. The SMILES string of the molecule is CCn1c(=O)c(-c2ccc(-c3noc(C)n3)cc2Cl)cc2cnc(NC(C)C)nc21. The third-order valence-electron chi connectivity index (χ3n) is 4.61. The van der Waals surface area contributed by atoms with Crippen molar-refractivity contribution < 1.29 is 4.52 Å². The van der Waals surface area contributed by atoms with Crippen molar-refractivity contribution in [1.29, 1.82) is 0 Å². The Balaban J connectivity index is 1.84. The number of hydrogen-bond donors (Lipinski definition) is 1. The van der Waals surface area contributed by atoms with E-state index >= 15 is 0 Å². The van der Waals surface area contributed by atoms with Crippen molar-refractivity contribution >= 4 is 28.6 Å². The number of anilines is 1. The second-order valence-electron chi connectivity index (χ2n) is 7.21. The highest BCUT2D eigenvalue weighted by atomic mass is 35.5. The van der Waals surface area contributed by atoms with Crippen LogP contribution in [0.15, 0.2) is 39.8 Å². The number of nitrogens with one attached hydrogen (secondary N) is 1. The molecule has 0 saturated carbocycles. The van der Waals surface area contributed by atoms with Gasteiger partial charge >= 0.3 is 0 Å². The minimum atomic E-state index is -0.163. The van der Waals surface area contributed by atoms with Gasteiger partial charge in [0.15, 0.2) is 0 Å². The molecule has 154 valence electrons. The van der Waals surface area contributed by atoms with E-state index in [4.69, 9.17) is 16.1 Å². The maximum atomic E-state index is 13.2. The Kier molecular flexibility index (Phi) is 5.26. The van der Waals surface area contributed by atoms with E-state index in [2.05, 4.69) is 25.4 Å². The fraction of sp³-hybridized carbons (Fsp3) is 0.286. The van der Waals surface area contributed by atoms with Crippen LogP contribution in [0.25, 0.3) is 33.5 Å². The van der Waals surface area contributed by atoms with E-state index in [-0.39, 0.29) is 11.6 Å². The molecule has 0 atom stereocenters. The zero-order valence-electron chi connectivity index (χ0n) is 17.1. The highest BCUT2D eigenvalue weighted by Gasteiger charge is 2.16. The number of fused-ring (bicyclic) bond motifs is 1. The first-order valence-electron chi connectivity index (χ1n) is 9.65. The predicted molar refractivity (Wildman–Crippen MR) is 117 cm³/mol. The van der Waals surface area contributed by atoms with Gasteiger partial charge in [-0.05, 0) is 32.9 Å². The molecule has 1 aromatic carbocycles. The summed E-state index contributed by atoms with van der Waals surface area (Å²) in [5.41, 5.74) is 2.24. The number of aryl methyl sites for hydroxylation is 2. The van der Waals surface area contributed by atoms with Gasteiger partial charge in [0.1, 0.15) is 5.65 Å². The first-order chi connectivity index (χ1) is 14.4. The van der Waals surface area contributed by atoms with Crippen molar-refractivity contribution in [3.8, 4) is 22.5 Å². The molecule has 9 heteroatoms. The molecule has 30 heavy (non-hydrogen) atoms. The van der Waals surface area contributed by atoms with Crippen LogP contribution >= 0.6 is 11.6 Å². The van der Waals surface area contributed by atoms with Crippen molar-refractivity contribution in [3.05, 3.63) is 51.7 Å². The molecule has 0 aliphatic heterocycles. The normalized spacial score (nSPS) is 11.4. The second-order valence-corrected chi connectivity index (χ2v) is 7.62. The largest absolute Gasteiger partial charge is 0.352 e. The fourth-order valence-corrected chi connectivity index (χ4v) is 3.54. The summed E-state index contributed by atoms with van der Waals surface area (Å²) < 4.78 is 6.66. The molecule has 0 radical (unpaired) electrons. The maximum Gasteiger partial charge on any atom is 0.260 e. The Hall–Kier alpha value is -3.26. The Morgan fingerprint density at radius 3 is 2.63 bits per heavy atom. The quantitative estimate of drug-likeness (QED) is 0.509. The molecule has 0 saturated heterocycles. The van der Waals surface area contributed by atoms with Gasteiger partial charge in [-0.15, -0.1) is 0 Å². The predicted octanol–water partition coefficient (Wildman–Crippen LogP) is 4.31. The van der Waals surface area contributed by atoms with Crippen LogP contribution in [0.4, 0.5) is 5.95 Å². The molecule has 8 nitrogen and oxygen atoms in total. The zero-order valence-corrected chi connectivity index (χ0v) is 17.9. The summed E-state index contributed by atoms with van der Waals surface area (Å²) in [4.78, 5) is 26.4. The minimum absolute atomic E-state index is 0.163. The van der Waals surface area contributed by atoms with Crippen LogP contribution in [-0.2, 0) is 6.54 Å². The minimum Gasteiger partial charge on any atom is -0.352 e. The van der Waals surface area contributed by atoms with Crippen molar-refractivity contribution in [2.75, 3.05) is 5.32 Å². The van der Waals surface area contributed by atoms with Crippen molar-refractivity contribution in [2.45, 2.75) is 40.3 Å². The number of nitrogens with zero attached hydrogens (tertiary/aromatic N) is 5. The molecule has 0 amide bonds. The lowest BCUT2D eigenvalue weighted by Gasteiger charge is -2.14. The van der Waals surface area contributed by atoms with E-state index < -0.39 is 0 Å². The third kappa shape index (κ3) is 3.66. The lowest BCUT2D eigenvalue weighted by Crippen LogP contribution is -2.23. The highest BCUT2D eigenvalue weighted by Crippen LogP contribution is 2.31. The first kappa shape index (κ1) is 20.0. The standard InChI is InChI=1S/C21H21ClN6O2/c1-5-28-19-14(10-23-21(26-19)24-11(2)3)8-16(20(28)29)15-7-6-13(9-17(15)22)18-25-12(4)30-27-18/h6-11H,5H2,1-4H3,(H,23,24,26). The van der Waals surface area contributed by atoms with Gasteiger partial charge in [0.05, 0.1) is 0 Å². The molecule has 4 aromatic rings. The lowest BCUT2D eigenvalue weighted by atomic mass is 10.0. The van der Waals surface area contributed by atoms with Gasteiger partial charge in [0.2, 0.25) is 17.7 Å². The van der Waals surface area contributed by atoms with Crippen LogP contribution in [0, 0.1) is 6.92 Å². The summed E-state index contributed by atoms with van der Waals surface area (Å²) in [6, 6.07) is 7.30. The number of halogens is 1. The maximum absolute atomic E-state index is 13.2. The van der Waals surface area contributed by atoms with Gasteiger partial charge in [-0.3, -0.25) is 9.36 Å². The lowest BCUT2D eigenvalue weighted by molar-refractivity contribution is 0.394. The topological polar surface area (TPSA) is 98.7 Å². The summed E-state index contributed by atoms with van der Waals surface area (Å²) >= 11 is 6.55. The summed E-state index contributed by atoms with van der Waals surface area (Å²) in [6.45, 7) is 8.11. The number of rotatable bonds is 5. The molecule has 0 aliphatic rings. The van der Waals surface area contributed by atoms with Crippen molar-refractivity contribution in [1.82, 2.24) is 24.7 Å². The molecule has 0 aliphatic carbocycles. The van der Waals surface area contributed by atoms with Gasteiger partial charge < -0.3 is 9.84 Å². The van der Waals surface area contributed by atoms with E-state index in [1.165, 1.54) is 0 Å².